The first-order chi connectivity index (χ1) is 14.1. The number of nitrogens with one attached hydrogen (secondary N) is 1. The van der Waals surface area contributed by atoms with Crippen molar-refractivity contribution >= 4 is 34.1 Å². The van der Waals surface area contributed by atoms with Crippen molar-refractivity contribution in [3.63, 3.8) is 0 Å². The molecule has 3 heterocycles. The molecule has 0 aliphatic carbocycles. The van der Waals surface area contributed by atoms with Crippen LogP contribution >= 0.6 is 11.3 Å². The van der Waals surface area contributed by atoms with Crippen molar-refractivity contribution in [2.75, 3.05) is 11.9 Å². The number of carbonyl (C=O) groups excluding carboxylic acids is 3. The predicted molar refractivity (Wildman–Crippen MR) is 108 cm³/mol. The summed E-state index contributed by atoms with van der Waals surface area (Å²) in [6, 6.07) is 10.6. The van der Waals surface area contributed by atoms with Gasteiger partial charge in [0.15, 0.2) is 10.9 Å². The van der Waals surface area contributed by atoms with Crippen LogP contribution in [-0.4, -0.2) is 34.0 Å². The van der Waals surface area contributed by atoms with E-state index >= 15 is 0 Å². The third-order valence-corrected chi connectivity index (χ3v) is 5.75. The Morgan fingerprint density at radius 1 is 1.10 bits per heavy atom. The second-order valence-corrected chi connectivity index (χ2v) is 7.79. The lowest BCUT2D eigenvalue weighted by Gasteiger charge is -2.26. The first-order valence-corrected chi connectivity index (χ1v) is 10.1. The highest BCUT2D eigenvalue weighted by Crippen LogP contribution is 2.29. The number of carbonyl (C=O) groups is 3. The number of fused-ring (bicyclic) bond motifs is 1. The summed E-state index contributed by atoms with van der Waals surface area (Å²) in [6.45, 7) is 1.01. The van der Waals surface area contributed by atoms with E-state index < -0.39 is 0 Å². The number of rotatable bonds is 6. The minimum atomic E-state index is -0.280. The molecule has 0 spiro atoms. The number of furan rings is 1. The molecule has 0 radical (unpaired) electrons. The van der Waals surface area contributed by atoms with E-state index in [0.717, 1.165) is 10.6 Å². The van der Waals surface area contributed by atoms with E-state index in [9.17, 15) is 14.4 Å². The summed E-state index contributed by atoms with van der Waals surface area (Å²) >= 11 is 1.37. The summed E-state index contributed by atoms with van der Waals surface area (Å²) in [5, 5.41) is 3.27. The van der Waals surface area contributed by atoms with Gasteiger partial charge in [0.25, 0.3) is 5.91 Å². The lowest BCUT2D eigenvalue weighted by molar-refractivity contribution is -0.132. The molecule has 0 atom stereocenters. The van der Waals surface area contributed by atoms with Crippen molar-refractivity contribution in [3.8, 4) is 0 Å². The van der Waals surface area contributed by atoms with Crippen molar-refractivity contribution in [3.05, 3.63) is 70.6 Å². The van der Waals surface area contributed by atoms with Gasteiger partial charge in [-0.05, 0) is 6.07 Å². The zero-order valence-corrected chi connectivity index (χ0v) is 16.4. The van der Waals surface area contributed by atoms with Crippen molar-refractivity contribution in [2.24, 2.45) is 0 Å². The predicted octanol–water partition coefficient (Wildman–Crippen LogP) is 3.54. The van der Waals surface area contributed by atoms with E-state index in [-0.39, 0.29) is 30.4 Å². The summed E-state index contributed by atoms with van der Waals surface area (Å²) in [5.41, 5.74) is 1.96. The normalized spacial score (nSPS) is 13.0. The number of hydrogen-bond acceptors (Lipinski definition) is 6. The average molecular weight is 409 g/mol. The molecule has 1 aliphatic rings. The number of amides is 2. The number of nitrogens with zero attached hydrogens (tertiary/aromatic N) is 2. The molecule has 7 nitrogen and oxygen atoms in total. The van der Waals surface area contributed by atoms with Crippen molar-refractivity contribution in [1.82, 2.24) is 9.88 Å². The first-order valence-electron chi connectivity index (χ1n) is 9.28. The summed E-state index contributed by atoms with van der Waals surface area (Å²) in [6.07, 6.45) is 3.83. The maximum atomic E-state index is 12.6. The summed E-state index contributed by atoms with van der Waals surface area (Å²) in [4.78, 5) is 44.1. The highest BCUT2D eigenvalue weighted by molar-refractivity contribution is 7.15. The summed E-state index contributed by atoms with van der Waals surface area (Å²) in [5.74, 6) is -0.354. The molecule has 8 heteroatoms. The minimum absolute atomic E-state index is 0.0290. The van der Waals surface area contributed by atoms with Gasteiger partial charge >= 0.3 is 0 Å². The zero-order valence-electron chi connectivity index (χ0n) is 15.6. The fourth-order valence-corrected chi connectivity index (χ4v) is 4.19. The van der Waals surface area contributed by atoms with Crippen molar-refractivity contribution in [1.29, 1.82) is 0 Å². The Labute approximate surface area is 171 Å². The standard InChI is InChI=1S/C21H19N3O4S/c25-17(14-4-2-1-3-5-14)6-7-19(26)24-10-8-16-18(12-24)29-21(22-16)23-20(27)15-9-11-28-13-15/h1-5,9,11,13H,6-8,10,12H2,(H,22,23,27). The Morgan fingerprint density at radius 2 is 1.93 bits per heavy atom. The van der Waals surface area contributed by atoms with Crippen molar-refractivity contribution < 1.29 is 18.8 Å². The molecule has 0 unspecified atom stereocenters. The highest BCUT2D eigenvalue weighted by Gasteiger charge is 2.25. The van der Waals surface area contributed by atoms with Crippen LogP contribution in [0.4, 0.5) is 5.13 Å². The topological polar surface area (TPSA) is 92.5 Å². The highest BCUT2D eigenvalue weighted by atomic mass is 32.1. The van der Waals surface area contributed by atoms with Gasteiger partial charge in [-0.25, -0.2) is 4.98 Å². The smallest absolute Gasteiger partial charge is 0.260 e. The fourth-order valence-electron chi connectivity index (χ4n) is 3.17. The van der Waals surface area contributed by atoms with Gasteiger partial charge in [-0.2, -0.15) is 0 Å². The average Bonchev–Trinajstić information content (AvgIpc) is 3.41. The van der Waals surface area contributed by atoms with E-state index in [2.05, 4.69) is 10.3 Å². The van der Waals surface area contributed by atoms with Gasteiger partial charge in [0.2, 0.25) is 5.91 Å². The Bertz CT molecular complexity index is 1030. The van der Waals surface area contributed by atoms with Crippen LogP contribution in [0.1, 0.15) is 44.1 Å². The third kappa shape index (κ3) is 4.43. The maximum Gasteiger partial charge on any atom is 0.260 e. The molecule has 0 bridgehead atoms. The zero-order chi connectivity index (χ0) is 20.2. The maximum absolute atomic E-state index is 12.6. The largest absolute Gasteiger partial charge is 0.472 e. The van der Waals surface area contributed by atoms with Gasteiger partial charge in [-0.15, -0.1) is 0 Å². The minimum Gasteiger partial charge on any atom is -0.472 e. The number of anilines is 1. The molecule has 0 saturated carbocycles. The van der Waals surface area contributed by atoms with Gasteiger partial charge in [-0.3, -0.25) is 19.7 Å². The lowest BCUT2D eigenvalue weighted by atomic mass is 10.1. The Hall–Kier alpha value is -3.26. The van der Waals surface area contributed by atoms with Gasteiger partial charge in [0.1, 0.15) is 6.26 Å². The van der Waals surface area contributed by atoms with Crippen LogP contribution in [0.25, 0.3) is 0 Å². The molecule has 1 aliphatic heterocycles. The van der Waals surface area contributed by atoms with E-state index in [1.54, 1.807) is 23.1 Å². The van der Waals surface area contributed by atoms with Gasteiger partial charge in [-0.1, -0.05) is 41.7 Å². The summed E-state index contributed by atoms with van der Waals surface area (Å²) in [7, 11) is 0. The quantitative estimate of drug-likeness (QED) is 0.629. The summed E-state index contributed by atoms with van der Waals surface area (Å²) < 4.78 is 4.92. The van der Waals surface area contributed by atoms with E-state index in [1.807, 2.05) is 18.2 Å². The number of hydrogen-bond donors (Lipinski definition) is 1. The number of aromatic nitrogens is 1. The molecule has 0 saturated heterocycles. The van der Waals surface area contributed by atoms with Gasteiger partial charge in [0.05, 0.1) is 24.1 Å². The second-order valence-electron chi connectivity index (χ2n) is 6.71. The number of thiazole rings is 1. The number of ketones is 1. The Balaban J connectivity index is 1.33. The van der Waals surface area contributed by atoms with Crippen molar-refractivity contribution in [2.45, 2.75) is 25.8 Å². The molecule has 148 valence electrons. The molecule has 4 rings (SSSR count). The second kappa shape index (κ2) is 8.40. The molecule has 29 heavy (non-hydrogen) atoms. The van der Waals surface area contributed by atoms with Crippen LogP contribution < -0.4 is 5.32 Å². The Morgan fingerprint density at radius 3 is 2.69 bits per heavy atom. The molecule has 1 aromatic carbocycles. The Kier molecular flexibility index (Phi) is 5.53. The van der Waals surface area contributed by atoms with Crippen LogP contribution in [0.3, 0.4) is 0 Å². The lowest BCUT2D eigenvalue weighted by Crippen LogP contribution is -2.35. The molecule has 2 amide bonds. The number of Topliss-reactive ketones (excluding diaryl/α,β-unsaturated/α-hetero) is 1. The SMILES string of the molecule is O=C(CCC(=O)N1CCc2nc(NC(=O)c3ccoc3)sc2C1)c1ccccc1. The third-order valence-electron chi connectivity index (χ3n) is 4.75. The fraction of sp³-hybridized carbons (Fsp3) is 0.238. The van der Waals surface area contributed by atoms with E-state index in [4.69, 9.17) is 4.42 Å². The molecule has 0 fully saturated rings. The molecule has 2 aromatic heterocycles. The van der Waals surface area contributed by atoms with Gasteiger partial charge < -0.3 is 9.32 Å². The molecular weight excluding hydrogens is 390 g/mol. The van der Waals surface area contributed by atoms with Crippen LogP contribution in [0.2, 0.25) is 0 Å². The molecule has 1 N–H and O–H groups in total. The molecule has 3 aromatic rings. The van der Waals surface area contributed by atoms with Crippen LogP contribution in [0.15, 0.2) is 53.3 Å². The van der Waals surface area contributed by atoms with Gasteiger partial charge in [0, 0.05) is 36.2 Å². The van der Waals surface area contributed by atoms with Crippen LogP contribution in [0, 0.1) is 0 Å². The first kappa shape index (κ1) is 19.1. The van der Waals surface area contributed by atoms with Crippen LogP contribution in [0.5, 0.6) is 0 Å². The molecular formula is C21H19N3O4S. The number of benzene rings is 1. The van der Waals surface area contributed by atoms with E-state index in [0.29, 0.717) is 35.8 Å². The van der Waals surface area contributed by atoms with Crippen LogP contribution in [-0.2, 0) is 17.8 Å². The monoisotopic (exact) mass is 409 g/mol. The van der Waals surface area contributed by atoms with E-state index in [1.165, 1.54) is 23.9 Å².